The van der Waals surface area contributed by atoms with Crippen LogP contribution < -0.4 is 4.90 Å². The maximum absolute atomic E-state index is 14.6. The summed E-state index contributed by atoms with van der Waals surface area (Å²) in [5.41, 5.74) is -0.451. The first-order valence-corrected chi connectivity index (χ1v) is 8.27. The predicted molar refractivity (Wildman–Crippen MR) is 85.4 cm³/mol. The molecule has 1 atom stereocenters. The summed E-state index contributed by atoms with van der Waals surface area (Å²) < 4.78 is 43.4. The zero-order chi connectivity index (χ0) is 18.2. The highest BCUT2D eigenvalue weighted by Gasteiger charge is 2.48. The highest BCUT2D eigenvalue weighted by Crippen LogP contribution is 2.36. The van der Waals surface area contributed by atoms with Gasteiger partial charge in [0.25, 0.3) is 11.6 Å². The van der Waals surface area contributed by atoms with E-state index in [-0.39, 0.29) is 18.7 Å². The molecular formula is C16H20F3N3O3. The van der Waals surface area contributed by atoms with E-state index in [0.29, 0.717) is 25.9 Å². The van der Waals surface area contributed by atoms with Crippen LogP contribution in [-0.2, 0) is 0 Å². The minimum atomic E-state index is -3.03. The van der Waals surface area contributed by atoms with Gasteiger partial charge in [-0.15, -0.1) is 0 Å². The van der Waals surface area contributed by atoms with E-state index >= 15 is 0 Å². The van der Waals surface area contributed by atoms with Crippen molar-refractivity contribution < 1.29 is 23.2 Å². The second-order valence-electron chi connectivity index (χ2n) is 6.65. The van der Waals surface area contributed by atoms with Crippen LogP contribution in [0.15, 0.2) is 18.2 Å². The monoisotopic (exact) mass is 359 g/mol. The van der Waals surface area contributed by atoms with Crippen molar-refractivity contribution in [3.05, 3.63) is 34.1 Å². The summed E-state index contributed by atoms with van der Waals surface area (Å²) in [7, 11) is 0. The number of halogens is 3. The van der Waals surface area contributed by atoms with Crippen LogP contribution in [0.2, 0.25) is 0 Å². The fourth-order valence-electron chi connectivity index (χ4n) is 3.65. The molecule has 2 saturated heterocycles. The summed E-state index contributed by atoms with van der Waals surface area (Å²) in [6.07, 6.45) is 0.694. The topological polar surface area (TPSA) is 69.9 Å². The Morgan fingerprint density at radius 3 is 2.44 bits per heavy atom. The van der Waals surface area contributed by atoms with E-state index in [2.05, 4.69) is 0 Å². The van der Waals surface area contributed by atoms with E-state index in [1.807, 2.05) is 0 Å². The molecule has 1 aromatic carbocycles. The number of likely N-dealkylation sites (tertiary alicyclic amines) is 1. The third-order valence-electron chi connectivity index (χ3n) is 4.98. The highest BCUT2D eigenvalue weighted by molar-refractivity contribution is 5.53. The molecular weight excluding hydrogens is 339 g/mol. The molecule has 1 unspecified atom stereocenters. The zero-order valence-corrected chi connectivity index (χ0v) is 13.6. The molecule has 0 aliphatic carbocycles. The van der Waals surface area contributed by atoms with Gasteiger partial charge in [0, 0.05) is 25.7 Å². The first-order chi connectivity index (χ1) is 11.8. The van der Waals surface area contributed by atoms with Gasteiger partial charge in [-0.3, -0.25) is 15.0 Å². The molecule has 0 spiro atoms. The van der Waals surface area contributed by atoms with E-state index in [4.69, 9.17) is 0 Å². The predicted octanol–water partition coefficient (Wildman–Crippen LogP) is 2.40. The van der Waals surface area contributed by atoms with E-state index in [0.717, 1.165) is 12.1 Å². The van der Waals surface area contributed by atoms with Crippen LogP contribution in [0.5, 0.6) is 0 Å². The molecule has 2 heterocycles. The molecule has 0 aromatic heterocycles. The summed E-state index contributed by atoms with van der Waals surface area (Å²) in [6.45, 7) is 0.458. The number of nitrogens with zero attached hydrogens (tertiary/aromatic N) is 3. The average molecular weight is 359 g/mol. The Bertz CT molecular complexity index is 651. The number of benzene rings is 1. The van der Waals surface area contributed by atoms with E-state index in [9.17, 15) is 28.4 Å². The Hall–Kier alpha value is -1.87. The number of non-ortho nitro benzene ring substituents is 1. The van der Waals surface area contributed by atoms with Crippen molar-refractivity contribution in [3.8, 4) is 0 Å². The molecule has 1 aromatic rings. The maximum atomic E-state index is 14.6. The molecule has 2 fully saturated rings. The van der Waals surface area contributed by atoms with Gasteiger partial charge in [-0.1, -0.05) is 0 Å². The van der Waals surface area contributed by atoms with Gasteiger partial charge in [-0.05, 0) is 25.3 Å². The fourth-order valence-corrected chi connectivity index (χ4v) is 3.65. The van der Waals surface area contributed by atoms with Crippen LogP contribution in [0.3, 0.4) is 0 Å². The zero-order valence-electron chi connectivity index (χ0n) is 13.6. The number of piperidine rings is 2. The SMILES string of the molecule is O=[N+]([O-])c1ccc(N2CCC(N3CCC(O)CC3)C(F)(F)C2)c(F)c1. The van der Waals surface area contributed by atoms with E-state index in [1.165, 1.54) is 11.0 Å². The Labute approximate surface area is 143 Å². The Morgan fingerprint density at radius 1 is 1.20 bits per heavy atom. The fraction of sp³-hybridized carbons (Fsp3) is 0.625. The number of nitro groups is 1. The first kappa shape index (κ1) is 17.9. The third-order valence-corrected chi connectivity index (χ3v) is 4.98. The van der Waals surface area contributed by atoms with Gasteiger partial charge in [-0.25, -0.2) is 13.2 Å². The second kappa shape index (κ2) is 6.80. The van der Waals surface area contributed by atoms with Crippen molar-refractivity contribution in [1.82, 2.24) is 4.90 Å². The molecule has 9 heteroatoms. The van der Waals surface area contributed by atoms with Gasteiger partial charge < -0.3 is 10.0 Å². The minimum Gasteiger partial charge on any atom is -0.393 e. The van der Waals surface area contributed by atoms with Crippen LogP contribution in [-0.4, -0.2) is 59.2 Å². The number of hydrogen-bond acceptors (Lipinski definition) is 5. The molecule has 3 rings (SSSR count). The summed E-state index contributed by atoms with van der Waals surface area (Å²) >= 11 is 0. The maximum Gasteiger partial charge on any atom is 0.280 e. The number of alkyl halides is 2. The molecule has 0 radical (unpaired) electrons. The normalized spacial score (nSPS) is 25.1. The number of anilines is 1. The number of hydrogen-bond donors (Lipinski definition) is 1. The number of rotatable bonds is 3. The van der Waals surface area contributed by atoms with Crippen molar-refractivity contribution >= 4 is 11.4 Å². The lowest BCUT2D eigenvalue weighted by atomic mass is 9.95. The molecule has 0 bridgehead atoms. The molecule has 138 valence electrons. The number of nitro benzene ring substituents is 1. The summed E-state index contributed by atoms with van der Waals surface area (Å²) in [5, 5.41) is 20.2. The van der Waals surface area contributed by atoms with Gasteiger partial charge in [-0.2, -0.15) is 0 Å². The Morgan fingerprint density at radius 2 is 1.88 bits per heavy atom. The van der Waals surface area contributed by atoms with Crippen molar-refractivity contribution in [1.29, 1.82) is 0 Å². The van der Waals surface area contributed by atoms with E-state index in [1.54, 1.807) is 4.90 Å². The van der Waals surface area contributed by atoms with Gasteiger partial charge >= 0.3 is 0 Å². The van der Waals surface area contributed by atoms with Crippen LogP contribution >= 0.6 is 0 Å². The van der Waals surface area contributed by atoms with Gasteiger partial charge in [0.1, 0.15) is 0 Å². The summed E-state index contributed by atoms with van der Waals surface area (Å²) in [6, 6.07) is 2.12. The lowest BCUT2D eigenvalue weighted by Crippen LogP contribution is -2.60. The summed E-state index contributed by atoms with van der Waals surface area (Å²) in [4.78, 5) is 12.9. The lowest BCUT2D eigenvalue weighted by molar-refractivity contribution is -0.385. The van der Waals surface area contributed by atoms with Gasteiger partial charge in [0.05, 0.1) is 35.4 Å². The Kier molecular flexibility index (Phi) is 4.88. The average Bonchev–Trinajstić information content (AvgIpc) is 2.55. The van der Waals surface area contributed by atoms with Crippen LogP contribution in [0.1, 0.15) is 19.3 Å². The van der Waals surface area contributed by atoms with Crippen molar-refractivity contribution in [2.75, 3.05) is 31.1 Å². The summed E-state index contributed by atoms with van der Waals surface area (Å²) in [5.74, 6) is -3.90. The van der Waals surface area contributed by atoms with Gasteiger partial charge in [0.15, 0.2) is 5.82 Å². The standard InChI is InChI=1S/C16H20F3N3O3/c17-13-9-11(22(24)25)1-2-14(13)21-8-5-15(16(18,19)10-21)20-6-3-12(23)4-7-20/h1-2,9,12,15,23H,3-8,10H2. The molecule has 2 aliphatic heterocycles. The second-order valence-corrected chi connectivity index (χ2v) is 6.65. The van der Waals surface area contributed by atoms with E-state index < -0.39 is 41.0 Å². The van der Waals surface area contributed by atoms with Crippen LogP contribution in [0.4, 0.5) is 24.5 Å². The van der Waals surface area contributed by atoms with Crippen molar-refractivity contribution in [3.63, 3.8) is 0 Å². The molecule has 6 nitrogen and oxygen atoms in total. The molecule has 0 saturated carbocycles. The Balaban J connectivity index is 1.73. The molecule has 0 amide bonds. The molecule has 1 N–H and O–H groups in total. The van der Waals surface area contributed by atoms with Gasteiger partial charge in [0.2, 0.25) is 0 Å². The van der Waals surface area contributed by atoms with Crippen molar-refractivity contribution in [2.45, 2.75) is 37.3 Å². The largest absolute Gasteiger partial charge is 0.393 e. The van der Waals surface area contributed by atoms with Crippen molar-refractivity contribution in [2.24, 2.45) is 0 Å². The quantitative estimate of drug-likeness (QED) is 0.663. The number of aliphatic hydroxyl groups is 1. The smallest absolute Gasteiger partial charge is 0.280 e. The highest BCUT2D eigenvalue weighted by atomic mass is 19.3. The molecule has 25 heavy (non-hydrogen) atoms. The van der Waals surface area contributed by atoms with Crippen LogP contribution in [0, 0.1) is 15.9 Å². The first-order valence-electron chi connectivity index (χ1n) is 8.27. The third kappa shape index (κ3) is 3.72. The minimum absolute atomic E-state index is 0.0437. The lowest BCUT2D eigenvalue weighted by Gasteiger charge is -2.46. The number of aliphatic hydroxyl groups excluding tert-OH is 1. The molecule has 2 aliphatic rings. The van der Waals surface area contributed by atoms with Crippen LogP contribution in [0.25, 0.3) is 0 Å².